The number of halogens is 3. The Morgan fingerprint density at radius 2 is 1.61 bits per heavy atom. The standard InChI is InChI=1S/C28H29BrCl2N2O3/c1-19(2)16-32-28(35)25(14-20-6-4-3-5-7-20)33(17-21-8-10-22(30)11-9-21)27(34)18-36-26-13-12-23(31)15-24(26)29/h3-13,15,19,25H,14,16-18H2,1-2H3,(H,32,35)/t25-/m0/s1. The second-order valence-corrected chi connectivity index (χ2v) is 10.6. The van der Waals surface area contributed by atoms with Gasteiger partial charge in [0.25, 0.3) is 5.91 Å². The summed E-state index contributed by atoms with van der Waals surface area (Å²) in [4.78, 5) is 28.6. The lowest BCUT2D eigenvalue weighted by atomic mass is 10.0. The average Bonchev–Trinajstić information content (AvgIpc) is 2.85. The van der Waals surface area contributed by atoms with E-state index in [2.05, 4.69) is 21.2 Å². The van der Waals surface area contributed by atoms with E-state index in [1.165, 1.54) is 0 Å². The SMILES string of the molecule is CC(C)CNC(=O)[C@H](Cc1ccccc1)N(Cc1ccc(Cl)cc1)C(=O)COc1ccc(Cl)cc1Br. The Labute approximate surface area is 230 Å². The van der Waals surface area contributed by atoms with Crippen molar-refractivity contribution < 1.29 is 14.3 Å². The van der Waals surface area contributed by atoms with E-state index in [9.17, 15) is 9.59 Å². The third-order valence-corrected chi connectivity index (χ3v) is 6.57. The summed E-state index contributed by atoms with van der Waals surface area (Å²) in [7, 11) is 0. The zero-order chi connectivity index (χ0) is 26.1. The molecule has 0 saturated carbocycles. The van der Waals surface area contributed by atoms with Gasteiger partial charge in [0.2, 0.25) is 5.91 Å². The van der Waals surface area contributed by atoms with Crippen molar-refractivity contribution in [3.8, 4) is 5.75 Å². The lowest BCUT2D eigenvalue weighted by Gasteiger charge is -2.31. The van der Waals surface area contributed by atoms with E-state index in [0.717, 1.165) is 11.1 Å². The number of hydrogen-bond acceptors (Lipinski definition) is 3. The highest BCUT2D eigenvalue weighted by atomic mass is 79.9. The Morgan fingerprint density at radius 3 is 2.25 bits per heavy atom. The molecule has 5 nitrogen and oxygen atoms in total. The predicted octanol–water partition coefficient (Wildman–Crippen LogP) is 6.55. The van der Waals surface area contributed by atoms with Crippen molar-refractivity contribution in [2.24, 2.45) is 5.92 Å². The first-order valence-electron chi connectivity index (χ1n) is 11.7. The van der Waals surface area contributed by atoms with Gasteiger partial charge in [-0.05, 0) is 63.3 Å². The van der Waals surface area contributed by atoms with Crippen LogP contribution in [0.3, 0.4) is 0 Å². The number of benzene rings is 3. The predicted molar refractivity (Wildman–Crippen MR) is 148 cm³/mol. The van der Waals surface area contributed by atoms with Gasteiger partial charge in [0, 0.05) is 29.6 Å². The van der Waals surface area contributed by atoms with Crippen LogP contribution in [0.15, 0.2) is 77.3 Å². The molecule has 0 fully saturated rings. The van der Waals surface area contributed by atoms with Crippen LogP contribution in [0, 0.1) is 5.92 Å². The largest absolute Gasteiger partial charge is 0.483 e. The lowest BCUT2D eigenvalue weighted by Crippen LogP contribution is -2.52. The molecule has 190 valence electrons. The summed E-state index contributed by atoms with van der Waals surface area (Å²) in [6.45, 7) is 4.56. The second kappa shape index (κ2) is 13.7. The van der Waals surface area contributed by atoms with Crippen molar-refractivity contribution >= 4 is 50.9 Å². The Hall–Kier alpha value is -2.54. The van der Waals surface area contributed by atoms with Crippen LogP contribution in [-0.2, 0) is 22.6 Å². The number of nitrogens with zero attached hydrogens (tertiary/aromatic N) is 1. The topological polar surface area (TPSA) is 58.6 Å². The summed E-state index contributed by atoms with van der Waals surface area (Å²) in [6, 6.07) is 21.3. The molecule has 0 aliphatic carbocycles. The van der Waals surface area contributed by atoms with E-state index < -0.39 is 6.04 Å². The Bertz CT molecular complexity index is 1160. The second-order valence-electron chi connectivity index (χ2n) is 8.86. The van der Waals surface area contributed by atoms with Gasteiger partial charge < -0.3 is 15.0 Å². The highest BCUT2D eigenvalue weighted by Crippen LogP contribution is 2.28. The number of nitrogens with one attached hydrogen (secondary N) is 1. The fourth-order valence-corrected chi connectivity index (χ4v) is 4.50. The van der Waals surface area contributed by atoms with Gasteiger partial charge in [-0.3, -0.25) is 9.59 Å². The summed E-state index contributed by atoms with van der Waals surface area (Å²) in [5, 5.41) is 4.16. The lowest BCUT2D eigenvalue weighted by molar-refractivity contribution is -0.142. The average molecular weight is 592 g/mol. The monoisotopic (exact) mass is 590 g/mol. The van der Waals surface area contributed by atoms with E-state index in [4.69, 9.17) is 27.9 Å². The van der Waals surface area contributed by atoms with Crippen LogP contribution in [0.25, 0.3) is 0 Å². The van der Waals surface area contributed by atoms with Crippen LogP contribution in [0.5, 0.6) is 5.75 Å². The zero-order valence-corrected chi connectivity index (χ0v) is 23.3. The number of carbonyl (C=O) groups excluding carboxylic acids is 2. The fourth-order valence-electron chi connectivity index (χ4n) is 3.58. The molecule has 0 aromatic heterocycles. The Balaban J connectivity index is 1.90. The minimum atomic E-state index is -0.730. The van der Waals surface area contributed by atoms with Crippen LogP contribution in [0.1, 0.15) is 25.0 Å². The Morgan fingerprint density at radius 1 is 0.944 bits per heavy atom. The van der Waals surface area contributed by atoms with Crippen molar-refractivity contribution in [3.05, 3.63) is 98.4 Å². The minimum absolute atomic E-state index is 0.206. The summed E-state index contributed by atoms with van der Waals surface area (Å²) >= 11 is 15.5. The van der Waals surface area contributed by atoms with Crippen LogP contribution >= 0.6 is 39.1 Å². The number of amides is 2. The number of ether oxygens (including phenoxy) is 1. The number of hydrogen-bond donors (Lipinski definition) is 1. The first-order chi connectivity index (χ1) is 17.2. The molecular weight excluding hydrogens is 563 g/mol. The summed E-state index contributed by atoms with van der Waals surface area (Å²) in [5.41, 5.74) is 1.81. The van der Waals surface area contributed by atoms with Gasteiger partial charge in [-0.1, -0.05) is 79.5 Å². The smallest absolute Gasteiger partial charge is 0.261 e. The van der Waals surface area contributed by atoms with Gasteiger partial charge >= 0.3 is 0 Å². The van der Waals surface area contributed by atoms with Gasteiger partial charge in [-0.2, -0.15) is 0 Å². The molecule has 0 unspecified atom stereocenters. The summed E-state index contributed by atoms with van der Waals surface area (Å²) in [5.74, 6) is 0.246. The van der Waals surface area contributed by atoms with E-state index in [1.807, 2.05) is 56.3 Å². The number of carbonyl (C=O) groups is 2. The van der Waals surface area contributed by atoms with E-state index in [1.54, 1.807) is 35.2 Å². The molecule has 8 heteroatoms. The molecule has 3 aromatic carbocycles. The zero-order valence-electron chi connectivity index (χ0n) is 20.2. The molecule has 0 aliphatic heterocycles. The molecule has 0 radical (unpaired) electrons. The molecule has 36 heavy (non-hydrogen) atoms. The molecule has 2 amide bonds. The first kappa shape index (κ1) is 28.0. The van der Waals surface area contributed by atoms with Gasteiger partial charge in [-0.15, -0.1) is 0 Å². The molecule has 0 saturated heterocycles. The molecule has 1 atom stereocenters. The highest BCUT2D eigenvalue weighted by Gasteiger charge is 2.30. The van der Waals surface area contributed by atoms with E-state index in [-0.39, 0.29) is 30.9 Å². The molecule has 1 N–H and O–H groups in total. The molecule has 0 aliphatic rings. The highest BCUT2D eigenvalue weighted by molar-refractivity contribution is 9.10. The molecule has 0 spiro atoms. The summed E-state index contributed by atoms with van der Waals surface area (Å²) < 4.78 is 6.46. The quantitative estimate of drug-likeness (QED) is 0.275. The van der Waals surface area contributed by atoms with E-state index >= 15 is 0 Å². The Kier molecular flexibility index (Phi) is 10.7. The summed E-state index contributed by atoms with van der Waals surface area (Å²) in [6.07, 6.45) is 0.370. The number of rotatable bonds is 11. The maximum atomic E-state index is 13.6. The molecule has 3 rings (SSSR count). The maximum absolute atomic E-state index is 13.6. The third-order valence-electron chi connectivity index (χ3n) is 5.47. The maximum Gasteiger partial charge on any atom is 0.261 e. The molecule has 0 bridgehead atoms. The fraction of sp³-hybridized carbons (Fsp3) is 0.286. The molecule has 0 heterocycles. The van der Waals surface area contributed by atoms with Crippen LogP contribution < -0.4 is 10.1 Å². The van der Waals surface area contributed by atoms with Crippen molar-refractivity contribution in [3.63, 3.8) is 0 Å². The third kappa shape index (κ3) is 8.54. The van der Waals surface area contributed by atoms with Crippen molar-refractivity contribution in [1.82, 2.24) is 10.2 Å². The van der Waals surface area contributed by atoms with Gasteiger partial charge in [0.1, 0.15) is 11.8 Å². The minimum Gasteiger partial charge on any atom is -0.483 e. The van der Waals surface area contributed by atoms with Crippen LogP contribution in [-0.4, -0.2) is 35.9 Å². The van der Waals surface area contributed by atoms with E-state index in [0.29, 0.717) is 33.2 Å². The van der Waals surface area contributed by atoms with Crippen LogP contribution in [0.4, 0.5) is 0 Å². The van der Waals surface area contributed by atoms with Crippen molar-refractivity contribution in [2.75, 3.05) is 13.2 Å². The first-order valence-corrected chi connectivity index (χ1v) is 13.2. The molecule has 3 aromatic rings. The van der Waals surface area contributed by atoms with Crippen molar-refractivity contribution in [1.29, 1.82) is 0 Å². The van der Waals surface area contributed by atoms with Crippen molar-refractivity contribution in [2.45, 2.75) is 32.9 Å². The van der Waals surface area contributed by atoms with Crippen LogP contribution in [0.2, 0.25) is 10.0 Å². The van der Waals surface area contributed by atoms with Gasteiger partial charge in [-0.25, -0.2) is 0 Å². The van der Waals surface area contributed by atoms with Gasteiger partial charge in [0.15, 0.2) is 6.61 Å². The normalized spacial score (nSPS) is 11.7. The van der Waals surface area contributed by atoms with Gasteiger partial charge in [0.05, 0.1) is 4.47 Å². The molecular formula is C28H29BrCl2N2O3.